The number of benzene rings is 2. The lowest BCUT2D eigenvalue weighted by Gasteiger charge is -2.49. The maximum absolute atomic E-state index is 13.7. The first-order valence-corrected chi connectivity index (χ1v) is 17.2. The highest BCUT2D eigenvalue weighted by Crippen LogP contribution is 2.41. The van der Waals surface area contributed by atoms with Gasteiger partial charge in [-0.2, -0.15) is 0 Å². The van der Waals surface area contributed by atoms with Gasteiger partial charge in [0.2, 0.25) is 11.1 Å². The molecule has 2 unspecified atom stereocenters. The molecule has 1 fully saturated rings. The van der Waals surface area contributed by atoms with Crippen molar-refractivity contribution in [2.24, 2.45) is 0 Å². The van der Waals surface area contributed by atoms with Crippen LogP contribution >= 0.6 is 23.5 Å². The molecule has 6 rings (SSSR count). The Bertz CT molecular complexity index is 2080. The van der Waals surface area contributed by atoms with Gasteiger partial charge in [0, 0.05) is 17.2 Å². The van der Waals surface area contributed by atoms with Crippen molar-refractivity contribution in [1.82, 2.24) is 35.7 Å². The van der Waals surface area contributed by atoms with E-state index in [-0.39, 0.29) is 40.2 Å². The molecule has 3 amide bonds. The van der Waals surface area contributed by atoms with Gasteiger partial charge in [0.15, 0.2) is 0 Å². The van der Waals surface area contributed by atoms with Crippen LogP contribution in [0, 0.1) is 6.92 Å². The molecule has 4 heterocycles. The predicted molar refractivity (Wildman–Crippen MR) is 182 cm³/mol. The van der Waals surface area contributed by atoms with E-state index >= 15 is 0 Å². The number of amides is 3. The summed E-state index contributed by atoms with van der Waals surface area (Å²) in [6, 6.07) is 16.4. The average Bonchev–Trinajstić information content (AvgIpc) is 3.54. The fraction of sp³-hybridized carbons (Fsp3) is 0.212. The number of fused-ring (bicyclic) bond motifs is 1. The summed E-state index contributed by atoms with van der Waals surface area (Å²) < 4.78 is 0. The molecule has 0 radical (unpaired) electrons. The number of aliphatic carboxylic acids is 2. The van der Waals surface area contributed by atoms with Crippen LogP contribution in [0.4, 0.5) is 0 Å². The highest BCUT2D eigenvalue weighted by molar-refractivity contribution is 8.01. The molecule has 2 aliphatic rings. The summed E-state index contributed by atoms with van der Waals surface area (Å²) in [7, 11) is 0. The van der Waals surface area contributed by atoms with Gasteiger partial charge in [-0.15, -0.1) is 16.9 Å². The molecule has 6 N–H and O–H groups in total. The van der Waals surface area contributed by atoms with Crippen LogP contribution < -0.4 is 16.2 Å². The number of aryl methyl sites for hydroxylation is 1. The Morgan fingerprint density at radius 3 is 2.46 bits per heavy atom. The van der Waals surface area contributed by atoms with E-state index in [0.29, 0.717) is 16.8 Å². The Balaban J connectivity index is 1.16. The van der Waals surface area contributed by atoms with Crippen LogP contribution in [0.3, 0.4) is 0 Å². The third-order valence-electron chi connectivity index (χ3n) is 7.94. The number of pyridine rings is 1. The van der Waals surface area contributed by atoms with E-state index in [1.165, 1.54) is 17.8 Å². The number of hydrogen-bond donors (Lipinski definition) is 6. The molecule has 0 aliphatic carbocycles. The van der Waals surface area contributed by atoms with E-state index in [4.69, 9.17) is 5.11 Å². The lowest BCUT2D eigenvalue weighted by Crippen LogP contribution is -2.71. The van der Waals surface area contributed by atoms with E-state index in [0.717, 1.165) is 27.8 Å². The fourth-order valence-corrected chi connectivity index (χ4v) is 7.76. The van der Waals surface area contributed by atoms with Crippen LogP contribution in [0.1, 0.15) is 33.4 Å². The second-order valence-electron chi connectivity index (χ2n) is 11.4. The van der Waals surface area contributed by atoms with Gasteiger partial charge >= 0.3 is 11.9 Å². The fourth-order valence-electron chi connectivity index (χ4n) is 5.46. The Kier molecular flexibility index (Phi) is 9.87. The van der Waals surface area contributed by atoms with Crippen molar-refractivity contribution in [2.75, 3.05) is 11.5 Å². The number of hydrogen-bond acceptors (Lipinski definition) is 10. The number of rotatable bonds is 12. The predicted octanol–water partition coefficient (Wildman–Crippen LogP) is 2.10. The van der Waals surface area contributed by atoms with Gasteiger partial charge < -0.3 is 25.8 Å². The van der Waals surface area contributed by atoms with Gasteiger partial charge in [0.25, 0.3) is 17.4 Å². The lowest BCUT2D eigenvalue weighted by molar-refractivity contribution is -0.151. The molecule has 2 aromatic carbocycles. The number of β-lactam (4-membered cyclic amide) rings is 1. The van der Waals surface area contributed by atoms with Crippen LogP contribution in [-0.2, 0) is 25.6 Å². The molecule has 15 nitrogen and oxygen atoms in total. The molecule has 0 bridgehead atoms. The average molecular weight is 716 g/mol. The molecule has 0 saturated carbocycles. The van der Waals surface area contributed by atoms with E-state index in [1.54, 1.807) is 36.4 Å². The van der Waals surface area contributed by atoms with Crippen LogP contribution in [0.25, 0.3) is 11.3 Å². The van der Waals surface area contributed by atoms with Gasteiger partial charge in [-0.1, -0.05) is 71.9 Å². The van der Waals surface area contributed by atoms with Gasteiger partial charge in [0.1, 0.15) is 41.0 Å². The standard InChI is InChI=1S/C33H29N7O8S2/c1-16-7-9-17(10-8-16)21-12-11-20(27(43)34-21)28(44)36-24(18-5-3-2-4-6-18)29(45)37-25-30(46)40-26(32(47)48)19(14-49-31(25)40)15-50-33-35-22(38-39-33)13-23(41)42/h2-12,24-25,31H,13-15H2,1H3,(H,34,43)(H,36,44)(H,37,45)(H,41,42)(H,47,48)(H,35,38,39)/t24?,25?,31-/m0/s1. The van der Waals surface area contributed by atoms with E-state index in [2.05, 4.69) is 30.8 Å². The number of carboxylic acid groups (broad SMARTS) is 2. The molecule has 3 atom stereocenters. The molecule has 0 spiro atoms. The van der Waals surface area contributed by atoms with Crippen LogP contribution in [0.5, 0.6) is 0 Å². The van der Waals surface area contributed by atoms with Gasteiger partial charge in [-0.25, -0.2) is 9.78 Å². The van der Waals surface area contributed by atoms with Crippen molar-refractivity contribution >= 4 is 53.2 Å². The molecule has 4 aromatic rings. The first-order valence-electron chi connectivity index (χ1n) is 15.1. The maximum atomic E-state index is 13.7. The molecule has 2 aromatic heterocycles. The Morgan fingerprint density at radius 2 is 1.78 bits per heavy atom. The Morgan fingerprint density at radius 1 is 1.04 bits per heavy atom. The highest BCUT2D eigenvalue weighted by Gasteiger charge is 2.54. The number of carboxylic acids is 2. The minimum atomic E-state index is -1.32. The summed E-state index contributed by atoms with van der Waals surface area (Å²) in [6.45, 7) is 1.94. The zero-order valence-electron chi connectivity index (χ0n) is 26.2. The number of carbonyl (C=O) groups is 5. The topological polar surface area (TPSA) is 228 Å². The third-order valence-corrected chi connectivity index (χ3v) is 10.2. The van der Waals surface area contributed by atoms with Crippen LogP contribution in [0.15, 0.2) is 88.0 Å². The maximum Gasteiger partial charge on any atom is 0.352 e. The Hall–Kier alpha value is -5.68. The van der Waals surface area contributed by atoms with Crippen molar-refractivity contribution in [3.05, 3.63) is 111 Å². The molecule has 17 heteroatoms. The van der Waals surface area contributed by atoms with Gasteiger partial charge in [-0.05, 0) is 35.8 Å². The first-order chi connectivity index (χ1) is 24.0. The van der Waals surface area contributed by atoms with Crippen molar-refractivity contribution in [3.63, 3.8) is 0 Å². The molecule has 256 valence electrons. The summed E-state index contributed by atoms with van der Waals surface area (Å²) in [5.41, 5.74) is 2.08. The van der Waals surface area contributed by atoms with Crippen molar-refractivity contribution in [3.8, 4) is 11.3 Å². The summed E-state index contributed by atoms with van der Waals surface area (Å²) in [5, 5.41) is 30.2. The summed E-state index contributed by atoms with van der Waals surface area (Å²) >= 11 is 2.35. The second-order valence-corrected chi connectivity index (χ2v) is 13.4. The highest BCUT2D eigenvalue weighted by atomic mass is 32.2. The third kappa shape index (κ3) is 7.18. The quantitative estimate of drug-likeness (QED) is 0.0916. The lowest BCUT2D eigenvalue weighted by atomic mass is 10.0. The number of thioether (sulfide) groups is 2. The minimum Gasteiger partial charge on any atom is -0.481 e. The zero-order valence-corrected chi connectivity index (χ0v) is 27.8. The number of aromatic nitrogens is 4. The van der Waals surface area contributed by atoms with E-state index in [1.807, 2.05) is 31.2 Å². The van der Waals surface area contributed by atoms with Crippen LogP contribution in [-0.4, -0.2) is 87.9 Å². The largest absolute Gasteiger partial charge is 0.481 e. The number of nitrogens with zero attached hydrogens (tertiary/aromatic N) is 3. The molecule has 1 saturated heterocycles. The van der Waals surface area contributed by atoms with Crippen molar-refractivity contribution in [1.29, 1.82) is 0 Å². The smallest absolute Gasteiger partial charge is 0.352 e. The summed E-state index contributed by atoms with van der Waals surface area (Å²) in [6.07, 6.45) is -0.349. The normalized spacial score (nSPS) is 17.4. The van der Waals surface area contributed by atoms with Gasteiger partial charge in [-0.3, -0.25) is 34.0 Å². The number of carbonyl (C=O) groups excluding carboxylic acids is 3. The molecular formula is C33H29N7O8S2. The monoisotopic (exact) mass is 715 g/mol. The number of aromatic amines is 2. The summed E-state index contributed by atoms with van der Waals surface area (Å²) in [5.74, 6) is -4.08. The molecular weight excluding hydrogens is 687 g/mol. The molecule has 50 heavy (non-hydrogen) atoms. The molecule has 2 aliphatic heterocycles. The second kappa shape index (κ2) is 14.4. The summed E-state index contributed by atoms with van der Waals surface area (Å²) in [4.78, 5) is 84.6. The van der Waals surface area contributed by atoms with Crippen LogP contribution in [0.2, 0.25) is 0 Å². The zero-order chi connectivity index (χ0) is 35.5. The minimum absolute atomic E-state index is 0.125. The van der Waals surface area contributed by atoms with Crippen molar-refractivity contribution in [2.45, 2.75) is 36.0 Å². The van der Waals surface area contributed by atoms with Crippen molar-refractivity contribution < 1.29 is 34.2 Å². The van der Waals surface area contributed by atoms with Gasteiger partial charge in [0.05, 0.1) is 0 Å². The van der Waals surface area contributed by atoms with E-state index in [9.17, 15) is 33.9 Å². The number of H-pyrrole nitrogens is 2. The first kappa shape index (κ1) is 34.2. The number of nitrogens with one attached hydrogen (secondary N) is 4. The Labute approximate surface area is 292 Å². The van der Waals surface area contributed by atoms with E-state index < -0.39 is 52.7 Å². The SMILES string of the molecule is Cc1ccc(-c2ccc(C(=O)NC(C(=O)NC3C(=O)N4C(C(=O)O)=C(CSc5n[nH]c(CC(=O)O)n5)CS[C@@H]34)c3ccccc3)c(=O)[nH]2)cc1.